The molecule has 0 spiro atoms. The summed E-state index contributed by atoms with van der Waals surface area (Å²) in [6.07, 6.45) is 0. The molecule has 0 saturated carbocycles. The van der Waals surface area contributed by atoms with E-state index in [1.807, 2.05) is 5.32 Å². The highest BCUT2D eigenvalue weighted by Gasteiger charge is 2.14. The van der Waals surface area contributed by atoms with Gasteiger partial charge in [-0.25, -0.2) is 9.59 Å². The number of carboxylic acid groups (broad SMARTS) is 1. The van der Waals surface area contributed by atoms with Crippen LogP contribution < -0.4 is 10.6 Å². The number of hydrogen-bond donors (Lipinski definition) is 3. The van der Waals surface area contributed by atoms with Gasteiger partial charge in [-0.15, -0.1) is 0 Å². The lowest BCUT2D eigenvalue weighted by molar-refractivity contribution is -0.133. The molecule has 0 heterocycles. The Bertz CT molecular complexity index is 349. The zero-order valence-electron chi connectivity index (χ0n) is 9.99. The molecule has 7 heteroatoms. The van der Waals surface area contributed by atoms with Crippen molar-refractivity contribution in [3.63, 3.8) is 0 Å². The Morgan fingerprint density at radius 3 is 2.24 bits per heavy atom. The van der Waals surface area contributed by atoms with Crippen LogP contribution in [0.1, 0.15) is 13.8 Å². The highest BCUT2D eigenvalue weighted by molar-refractivity contribution is 6.07. The number of carboxylic acids is 1. The number of methoxy groups -OCH3 is 1. The molecule has 0 aromatic heterocycles. The van der Waals surface area contributed by atoms with Gasteiger partial charge < -0.3 is 15.2 Å². The molecule has 17 heavy (non-hydrogen) atoms. The smallest absolute Gasteiger partial charge is 0.331 e. The van der Waals surface area contributed by atoms with Gasteiger partial charge in [-0.3, -0.25) is 10.1 Å². The minimum atomic E-state index is -1.20. The van der Waals surface area contributed by atoms with Crippen LogP contribution >= 0.6 is 0 Å². The van der Waals surface area contributed by atoms with Gasteiger partial charge >= 0.3 is 12.0 Å². The van der Waals surface area contributed by atoms with E-state index in [0.717, 1.165) is 0 Å². The van der Waals surface area contributed by atoms with Crippen molar-refractivity contribution in [2.45, 2.75) is 13.8 Å². The Hall–Kier alpha value is -1.89. The van der Waals surface area contributed by atoms with Crippen molar-refractivity contribution in [1.29, 1.82) is 0 Å². The molecule has 0 aromatic carbocycles. The fourth-order valence-corrected chi connectivity index (χ4v) is 0.838. The lowest BCUT2D eigenvalue weighted by atomic mass is 10.1. The number of nitrogens with one attached hydrogen (secondary N) is 2. The Labute approximate surface area is 98.8 Å². The van der Waals surface area contributed by atoms with Crippen molar-refractivity contribution in [1.82, 2.24) is 10.6 Å². The molecular formula is C10H16N2O5. The summed E-state index contributed by atoms with van der Waals surface area (Å²) in [4.78, 5) is 33.2. The minimum absolute atomic E-state index is 0.0145. The largest absolute Gasteiger partial charge is 0.478 e. The first-order chi connectivity index (χ1) is 7.90. The van der Waals surface area contributed by atoms with E-state index in [1.54, 1.807) is 0 Å². The fourth-order valence-electron chi connectivity index (χ4n) is 0.838. The van der Waals surface area contributed by atoms with Gasteiger partial charge in [0.15, 0.2) is 0 Å². The van der Waals surface area contributed by atoms with E-state index in [0.29, 0.717) is 6.61 Å². The summed E-state index contributed by atoms with van der Waals surface area (Å²) < 4.78 is 4.70. The van der Waals surface area contributed by atoms with E-state index in [9.17, 15) is 14.4 Å². The molecule has 0 aliphatic carbocycles. The van der Waals surface area contributed by atoms with Gasteiger partial charge in [0.05, 0.1) is 6.61 Å². The highest BCUT2D eigenvalue weighted by Crippen LogP contribution is 2.02. The molecule has 0 aliphatic rings. The molecule has 0 fully saturated rings. The third-order valence-electron chi connectivity index (χ3n) is 2.04. The molecule has 0 rings (SSSR count). The number of aliphatic carboxylic acids is 1. The summed E-state index contributed by atoms with van der Waals surface area (Å²) in [6.45, 7) is 3.21. The number of carbonyl (C=O) groups excluding carboxylic acids is 2. The van der Waals surface area contributed by atoms with E-state index in [1.165, 1.54) is 21.0 Å². The Balaban J connectivity index is 4.31. The number of hydrogen-bond acceptors (Lipinski definition) is 4. The quantitative estimate of drug-likeness (QED) is 0.462. The topological polar surface area (TPSA) is 105 Å². The molecule has 0 bridgehead atoms. The maximum atomic E-state index is 11.4. The van der Waals surface area contributed by atoms with Crippen LogP contribution in [0.4, 0.5) is 4.79 Å². The molecule has 0 saturated heterocycles. The fraction of sp³-hybridized carbons (Fsp3) is 0.500. The average molecular weight is 244 g/mol. The maximum Gasteiger partial charge on any atom is 0.331 e. The van der Waals surface area contributed by atoms with Crippen LogP contribution in [0, 0.1) is 0 Å². The van der Waals surface area contributed by atoms with Gasteiger partial charge in [-0.2, -0.15) is 0 Å². The zero-order chi connectivity index (χ0) is 13.4. The van der Waals surface area contributed by atoms with Crippen LogP contribution in [0.3, 0.4) is 0 Å². The van der Waals surface area contributed by atoms with Gasteiger partial charge in [0, 0.05) is 24.8 Å². The van der Waals surface area contributed by atoms with E-state index in [-0.39, 0.29) is 17.7 Å². The van der Waals surface area contributed by atoms with Crippen molar-refractivity contribution >= 4 is 17.9 Å². The molecule has 7 nitrogen and oxygen atoms in total. The SMILES string of the molecule is COCCNC(=O)NC(=O)C(C)=C(C)C(=O)O. The van der Waals surface area contributed by atoms with Crippen LogP contribution in [0.15, 0.2) is 11.1 Å². The van der Waals surface area contributed by atoms with Gasteiger partial charge in [0.25, 0.3) is 5.91 Å². The van der Waals surface area contributed by atoms with Crippen molar-refractivity contribution in [2.75, 3.05) is 20.3 Å². The Morgan fingerprint density at radius 1 is 1.18 bits per heavy atom. The van der Waals surface area contributed by atoms with Crippen molar-refractivity contribution in [3.8, 4) is 0 Å². The van der Waals surface area contributed by atoms with Crippen LogP contribution in [0.5, 0.6) is 0 Å². The van der Waals surface area contributed by atoms with Crippen LogP contribution in [0.25, 0.3) is 0 Å². The highest BCUT2D eigenvalue weighted by atomic mass is 16.5. The Kier molecular flexibility index (Phi) is 6.57. The summed E-state index contributed by atoms with van der Waals surface area (Å²) in [5.41, 5.74) is -0.119. The first-order valence-electron chi connectivity index (χ1n) is 4.89. The van der Waals surface area contributed by atoms with Gasteiger partial charge in [-0.05, 0) is 13.8 Å². The monoisotopic (exact) mass is 244 g/mol. The van der Waals surface area contributed by atoms with Gasteiger partial charge in [-0.1, -0.05) is 0 Å². The second kappa shape index (κ2) is 7.39. The van der Waals surface area contributed by atoms with Crippen LogP contribution in [0.2, 0.25) is 0 Å². The Morgan fingerprint density at radius 2 is 1.76 bits per heavy atom. The molecule has 0 aromatic rings. The zero-order valence-corrected chi connectivity index (χ0v) is 9.99. The lowest BCUT2D eigenvalue weighted by Gasteiger charge is -2.07. The predicted molar refractivity (Wildman–Crippen MR) is 59.4 cm³/mol. The van der Waals surface area contributed by atoms with Crippen molar-refractivity contribution in [3.05, 3.63) is 11.1 Å². The maximum absolute atomic E-state index is 11.4. The normalized spacial score (nSPS) is 11.5. The van der Waals surface area contributed by atoms with Crippen molar-refractivity contribution < 1.29 is 24.2 Å². The first kappa shape index (κ1) is 15.1. The van der Waals surface area contributed by atoms with Crippen LogP contribution in [-0.4, -0.2) is 43.3 Å². The number of urea groups is 1. The molecule has 0 radical (unpaired) electrons. The van der Waals surface area contributed by atoms with Gasteiger partial charge in [0.2, 0.25) is 0 Å². The van der Waals surface area contributed by atoms with E-state index in [2.05, 4.69) is 5.32 Å². The molecule has 3 amide bonds. The second-order valence-corrected chi connectivity index (χ2v) is 3.26. The standard InChI is InChI=1S/C10H16N2O5/c1-6(7(2)9(14)15)8(13)12-10(16)11-4-5-17-3/h4-5H2,1-3H3,(H,14,15)(H2,11,12,13,16). The summed E-state index contributed by atoms with van der Waals surface area (Å²) in [5.74, 6) is -1.93. The number of carbonyl (C=O) groups is 3. The van der Waals surface area contributed by atoms with Crippen LogP contribution in [-0.2, 0) is 14.3 Å². The van der Waals surface area contributed by atoms with Crippen molar-refractivity contribution in [2.24, 2.45) is 0 Å². The number of rotatable bonds is 5. The summed E-state index contributed by atoms with van der Waals surface area (Å²) in [7, 11) is 1.48. The third-order valence-corrected chi connectivity index (χ3v) is 2.04. The lowest BCUT2D eigenvalue weighted by Crippen LogP contribution is -2.41. The van der Waals surface area contributed by atoms with E-state index in [4.69, 9.17) is 9.84 Å². The molecule has 0 atom stereocenters. The predicted octanol–water partition coefficient (Wildman–Crippen LogP) is -0.120. The average Bonchev–Trinajstić information content (AvgIpc) is 2.27. The van der Waals surface area contributed by atoms with E-state index < -0.39 is 17.9 Å². The molecule has 3 N–H and O–H groups in total. The third kappa shape index (κ3) is 5.67. The molecule has 0 unspecified atom stereocenters. The molecule has 0 aliphatic heterocycles. The second-order valence-electron chi connectivity index (χ2n) is 3.26. The number of ether oxygens (including phenoxy) is 1. The molecular weight excluding hydrogens is 228 g/mol. The van der Waals surface area contributed by atoms with E-state index >= 15 is 0 Å². The summed E-state index contributed by atoms with van der Waals surface area (Å²) in [5, 5.41) is 13.0. The number of imide groups is 1. The minimum Gasteiger partial charge on any atom is -0.478 e. The van der Waals surface area contributed by atoms with Gasteiger partial charge in [0.1, 0.15) is 0 Å². The first-order valence-corrected chi connectivity index (χ1v) is 4.89. The number of amides is 3. The summed E-state index contributed by atoms with van der Waals surface area (Å²) in [6, 6.07) is -0.690. The summed E-state index contributed by atoms with van der Waals surface area (Å²) >= 11 is 0. The molecule has 96 valence electrons.